The molecule has 1 aliphatic carbocycles. The smallest absolute Gasteiger partial charge is 0.255 e. The van der Waals surface area contributed by atoms with E-state index < -0.39 is 5.41 Å². The van der Waals surface area contributed by atoms with Gasteiger partial charge in [-0.2, -0.15) is 0 Å². The number of nitrogens with one attached hydrogen (secondary N) is 1. The van der Waals surface area contributed by atoms with E-state index in [1.807, 2.05) is 18.2 Å². The molecule has 2 aliphatic rings. The van der Waals surface area contributed by atoms with Gasteiger partial charge in [0.1, 0.15) is 6.10 Å². The maximum absolute atomic E-state index is 12.4. The van der Waals surface area contributed by atoms with Crippen LogP contribution >= 0.6 is 0 Å². The Morgan fingerprint density at radius 1 is 1.47 bits per heavy atom. The highest BCUT2D eigenvalue weighted by Gasteiger charge is 2.47. The summed E-state index contributed by atoms with van der Waals surface area (Å²) in [7, 11) is 0. The van der Waals surface area contributed by atoms with Gasteiger partial charge in [0, 0.05) is 19.2 Å². The normalized spacial score (nSPS) is 24.7. The number of ether oxygens (including phenoxy) is 1. The molecule has 0 radical (unpaired) electrons. The van der Waals surface area contributed by atoms with Crippen molar-refractivity contribution in [2.75, 3.05) is 13.2 Å². The molecule has 2 fully saturated rings. The Balaban J connectivity index is 1.66. The number of rotatable bonds is 4. The molecule has 1 saturated heterocycles. The van der Waals surface area contributed by atoms with Crippen LogP contribution in [0.4, 0.5) is 0 Å². The number of hydrogen-bond donors (Lipinski definition) is 1. The second-order valence-corrected chi connectivity index (χ2v) is 5.19. The topological polar surface area (TPSA) is 60.5 Å². The molecule has 0 bridgehead atoms. The molecule has 5 nitrogen and oxygen atoms in total. The zero-order valence-corrected chi connectivity index (χ0v) is 10.8. The van der Waals surface area contributed by atoms with E-state index in [4.69, 9.17) is 9.57 Å². The Labute approximate surface area is 112 Å². The molecule has 1 saturated carbocycles. The third-order valence-electron chi connectivity index (χ3n) is 4.00. The molecule has 1 amide bonds. The number of pyridine rings is 1. The van der Waals surface area contributed by atoms with Crippen molar-refractivity contribution in [3.63, 3.8) is 0 Å². The first-order valence-electron chi connectivity index (χ1n) is 6.77. The van der Waals surface area contributed by atoms with E-state index in [0.29, 0.717) is 13.2 Å². The van der Waals surface area contributed by atoms with Crippen LogP contribution in [0.1, 0.15) is 31.4 Å². The highest BCUT2D eigenvalue weighted by molar-refractivity contribution is 5.87. The van der Waals surface area contributed by atoms with Crippen LogP contribution < -0.4 is 5.48 Å². The van der Waals surface area contributed by atoms with Gasteiger partial charge in [-0.3, -0.25) is 14.6 Å². The summed E-state index contributed by atoms with van der Waals surface area (Å²) in [6, 6.07) is 5.69. The van der Waals surface area contributed by atoms with Crippen LogP contribution in [0.15, 0.2) is 24.4 Å². The van der Waals surface area contributed by atoms with Gasteiger partial charge in [-0.15, -0.1) is 0 Å². The van der Waals surface area contributed by atoms with Crippen molar-refractivity contribution in [2.45, 2.75) is 37.2 Å². The lowest BCUT2D eigenvalue weighted by Crippen LogP contribution is -2.50. The summed E-state index contributed by atoms with van der Waals surface area (Å²) in [5.74, 6) is -0.0793. The lowest BCUT2D eigenvalue weighted by atomic mass is 9.66. The molecule has 0 aromatic carbocycles. The molecule has 102 valence electrons. The molecule has 0 spiro atoms. The minimum Gasteiger partial charge on any atom is -0.379 e. The molecular formula is C14H18N2O3. The summed E-state index contributed by atoms with van der Waals surface area (Å²) >= 11 is 0. The largest absolute Gasteiger partial charge is 0.379 e. The minimum absolute atomic E-state index is 0.0233. The Hall–Kier alpha value is -1.46. The zero-order valence-electron chi connectivity index (χ0n) is 10.8. The van der Waals surface area contributed by atoms with Gasteiger partial charge in [0.2, 0.25) is 0 Å². The predicted octanol–water partition coefficient (Wildman–Crippen LogP) is 1.34. The van der Waals surface area contributed by atoms with Crippen LogP contribution in [-0.4, -0.2) is 30.2 Å². The first-order valence-corrected chi connectivity index (χ1v) is 6.77. The van der Waals surface area contributed by atoms with Gasteiger partial charge in [-0.05, 0) is 25.0 Å². The SMILES string of the molecule is O=C(NOC1CCOC1)C1(c2ccccn2)CCC1. The van der Waals surface area contributed by atoms with E-state index in [9.17, 15) is 4.79 Å². The second kappa shape index (κ2) is 5.27. The fraction of sp³-hybridized carbons (Fsp3) is 0.571. The summed E-state index contributed by atoms with van der Waals surface area (Å²) in [6.07, 6.45) is 5.26. The molecule has 1 aliphatic heterocycles. The fourth-order valence-electron chi connectivity index (χ4n) is 2.62. The number of hydrogen-bond acceptors (Lipinski definition) is 4. The van der Waals surface area contributed by atoms with Crippen LogP contribution in [0.25, 0.3) is 0 Å². The van der Waals surface area contributed by atoms with E-state index in [2.05, 4.69) is 10.5 Å². The van der Waals surface area contributed by atoms with Gasteiger partial charge in [0.15, 0.2) is 0 Å². The fourth-order valence-corrected chi connectivity index (χ4v) is 2.62. The van der Waals surface area contributed by atoms with Gasteiger partial charge < -0.3 is 4.74 Å². The van der Waals surface area contributed by atoms with Crippen LogP contribution in [0, 0.1) is 0 Å². The molecule has 1 aromatic heterocycles. The van der Waals surface area contributed by atoms with E-state index in [1.54, 1.807) is 6.20 Å². The Bertz CT molecular complexity index is 439. The standard InChI is InChI=1S/C14H18N2O3/c17-13(16-19-11-5-9-18-10-11)14(6-3-7-14)12-4-1-2-8-15-12/h1-2,4,8,11H,3,5-7,9-10H2,(H,16,17). The Morgan fingerprint density at radius 2 is 2.37 bits per heavy atom. The number of carbonyl (C=O) groups excluding carboxylic acids is 1. The molecule has 19 heavy (non-hydrogen) atoms. The average molecular weight is 262 g/mol. The summed E-state index contributed by atoms with van der Waals surface area (Å²) in [5, 5.41) is 0. The molecular weight excluding hydrogens is 244 g/mol. The lowest BCUT2D eigenvalue weighted by molar-refractivity contribution is -0.148. The van der Waals surface area contributed by atoms with Crippen molar-refractivity contribution >= 4 is 5.91 Å². The van der Waals surface area contributed by atoms with Crippen molar-refractivity contribution in [3.8, 4) is 0 Å². The highest BCUT2D eigenvalue weighted by atomic mass is 16.7. The molecule has 1 atom stereocenters. The molecule has 3 rings (SSSR count). The van der Waals surface area contributed by atoms with Gasteiger partial charge in [0.25, 0.3) is 5.91 Å². The summed E-state index contributed by atoms with van der Waals surface area (Å²) < 4.78 is 5.21. The monoisotopic (exact) mass is 262 g/mol. The van der Waals surface area contributed by atoms with Crippen molar-refractivity contribution in [3.05, 3.63) is 30.1 Å². The van der Waals surface area contributed by atoms with Crippen molar-refractivity contribution in [1.82, 2.24) is 10.5 Å². The quantitative estimate of drug-likeness (QED) is 0.832. The van der Waals surface area contributed by atoms with Crippen LogP contribution in [0.5, 0.6) is 0 Å². The van der Waals surface area contributed by atoms with Crippen LogP contribution in [0.3, 0.4) is 0 Å². The number of hydroxylamine groups is 1. The van der Waals surface area contributed by atoms with Gasteiger partial charge >= 0.3 is 0 Å². The van der Waals surface area contributed by atoms with E-state index >= 15 is 0 Å². The Kier molecular flexibility index (Phi) is 3.48. The first-order chi connectivity index (χ1) is 9.31. The summed E-state index contributed by atoms with van der Waals surface area (Å²) in [4.78, 5) is 22.1. The van der Waals surface area contributed by atoms with E-state index in [0.717, 1.165) is 31.4 Å². The third kappa shape index (κ3) is 2.35. The molecule has 1 N–H and O–H groups in total. The Morgan fingerprint density at radius 3 is 2.95 bits per heavy atom. The van der Waals surface area contributed by atoms with Gasteiger partial charge in [0.05, 0.1) is 17.7 Å². The molecule has 5 heteroatoms. The van der Waals surface area contributed by atoms with Crippen LogP contribution in [0.2, 0.25) is 0 Å². The van der Waals surface area contributed by atoms with E-state index in [-0.39, 0.29) is 12.0 Å². The first kappa shape index (κ1) is 12.6. The highest BCUT2D eigenvalue weighted by Crippen LogP contribution is 2.43. The molecule has 1 aromatic rings. The number of carbonyl (C=O) groups is 1. The van der Waals surface area contributed by atoms with E-state index in [1.165, 1.54) is 0 Å². The van der Waals surface area contributed by atoms with Gasteiger partial charge in [-0.1, -0.05) is 12.5 Å². The van der Waals surface area contributed by atoms with Crippen molar-refractivity contribution in [2.24, 2.45) is 0 Å². The second-order valence-electron chi connectivity index (χ2n) is 5.19. The third-order valence-corrected chi connectivity index (χ3v) is 4.00. The molecule has 2 heterocycles. The average Bonchev–Trinajstić information content (AvgIpc) is 2.89. The number of nitrogens with zero attached hydrogens (tertiary/aromatic N) is 1. The lowest BCUT2D eigenvalue weighted by Gasteiger charge is -2.39. The predicted molar refractivity (Wildman–Crippen MR) is 68.2 cm³/mol. The maximum atomic E-state index is 12.4. The molecule has 1 unspecified atom stereocenters. The van der Waals surface area contributed by atoms with Gasteiger partial charge in [-0.25, -0.2) is 5.48 Å². The number of aromatic nitrogens is 1. The summed E-state index contributed by atoms with van der Waals surface area (Å²) in [6.45, 7) is 1.25. The summed E-state index contributed by atoms with van der Waals surface area (Å²) in [5.41, 5.74) is 2.95. The van der Waals surface area contributed by atoms with Crippen LogP contribution in [-0.2, 0) is 19.8 Å². The minimum atomic E-state index is -0.499. The maximum Gasteiger partial charge on any atom is 0.255 e. The van der Waals surface area contributed by atoms with Crippen molar-refractivity contribution in [1.29, 1.82) is 0 Å². The zero-order chi connectivity index (χ0) is 13.1. The number of amides is 1. The van der Waals surface area contributed by atoms with Crippen molar-refractivity contribution < 1.29 is 14.4 Å².